The Morgan fingerprint density at radius 1 is 1.08 bits per heavy atom. The SMILES string of the molecule is CC1(C)CCc2c(CN3CCC4(CC3)COc3cc5c(cc34)CN(C3CCC(=O)NC3=O)C5O)cccc2O1. The zero-order valence-corrected chi connectivity index (χ0v) is 22.8. The minimum absolute atomic E-state index is 0.0167. The number of imide groups is 1. The van der Waals surface area contributed by atoms with Crippen LogP contribution in [-0.4, -0.2) is 58.1 Å². The summed E-state index contributed by atoms with van der Waals surface area (Å²) in [5.41, 5.74) is 5.73. The third-order valence-corrected chi connectivity index (χ3v) is 9.67. The van der Waals surface area contributed by atoms with E-state index in [1.165, 1.54) is 16.7 Å². The van der Waals surface area contributed by atoms with Crippen molar-refractivity contribution >= 4 is 11.8 Å². The van der Waals surface area contributed by atoms with Gasteiger partial charge in [0.15, 0.2) is 0 Å². The summed E-state index contributed by atoms with van der Waals surface area (Å²) in [6.07, 6.45) is 4.00. The zero-order valence-electron chi connectivity index (χ0n) is 22.8. The number of amides is 2. The van der Waals surface area contributed by atoms with Gasteiger partial charge in [0.1, 0.15) is 23.3 Å². The normalized spacial score (nSPS) is 27.4. The fraction of sp³-hybridized carbons (Fsp3) is 0.548. The lowest BCUT2D eigenvalue weighted by atomic mass is 9.73. The zero-order chi connectivity index (χ0) is 26.9. The molecule has 2 amide bonds. The van der Waals surface area contributed by atoms with Crippen molar-refractivity contribution < 1.29 is 24.2 Å². The Morgan fingerprint density at radius 2 is 1.90 bits per heavy atom. The van der Waals surface area contributed by atoms with E-state index in [0.29, 0.717) is 26.0 Å². The largest absolute Gasteiger partial charge is 0.492 e. The molecule has 0 aromatic heterocycles. The van der Waals surface area contributed by atoms with Gasteiger partial charge in [-0.25, -0.2) is 0 Å². The van der Waals surface area contributed by atoms with Crippen molar-refractivity contribution in [2.24, 2.45) is 0 Å². The highest BCUT2D eigenvalue weighted by Crippen LogP contribution is 2.49. The highest BCUT2D eigenvalue weighted by atomic mass is 16.5. The molecule has 7 rings (SSSR count). The van der Waals surface area contributed by atoms with E-state index in [1.54, 1.807) is 0 Å². The van der Waals surface area contributed by atoms with Gasteiger partial charge >= 0.3 is 0 Å². The number of carbonyl (C=O) groups excluding carboxylic acids is 2. The van der Waals surface area contributed by atoms with Crippen molar-refractivity contribution in [3.63, 3.8) is 0 Å². The predicted octanol–water partition coefficient (Wildman–Crippen LogP) is 3.33. The van der Waals surface area contributed by atoms with Gasteiger partial charge in [-0.2, -0.15) is 0 Å². The minimum atomic E-state index is -0.873. The van der Waals surface area contributed by atoms with Crippen molar-refractivity contribution in [2.75, 3.05) is 19.7 Å². The van der Waals surface area contributed by atoms with Crippen LogP contribution in [-0.2, 0) is 34.5 Å². The monoisotopic (exact) mass is 531 g/mol. The van der Waals surface area contributed by atoms with Crippen LogP contribution in [0, 0.1) is 0 Å². The molecule has 2 atom stereocenters. The molecule has 5 aliphatic rings. The van der Waals surface area contributed by atoms with Gasteiger partial charge in [-0.1, -0.05) is 12.1 Å². The molecular weight excluding hydrogens is 494 g/mol. The summed E-state index contributed by atoms with van der Waals surface area (Å²) >= 11 is 0. The van der Waals surface area contributed by atoms with Gasteiger partial charge < -0.3 is 14.6 Å². The molecule has 206 valence electrons. The molecule has 5 aliphatic heterocycles. The van der Waals surface area contributed by atoms with Crippen LogP contribution in [0.2, 0.25) is 0 Å². The Hall–Kier alpha value is -2.94. The maximum atomic E-state index is 12.5. The molecule has 0 saturated carbocycles. The van der Waals surface area contributed by atoms with Gasteiger partial charge in [-0.05, 0) is 93.9 Å². The van der Waals surface area contributed by atoms with E-state index in [1.807, 2.05) is 11.0 Å². The first-order valence-corrected chi connectivity index (χ1v) is 14.3. The molecule has 8 nitrogen and oxygen atoms in total. The number of rotatable bonds is 3. The lowest BCUT2D eigenvalue weighted by Crippen LogP contribution is -2.51. The molecule has 2 aromatic rings. The Kier molecular flexibility index (Phi) is 5.81. The second-order valence-corrected chi connectivity index (χ2v) is 12.7. The molecule has 5 heterocycles. The molecule has 2 saturated heterocycles. The number of benzene rings is 2. The van der Waals surface area contributed by atoms with Gasteiger partial charge in [-0.15, -0.1) is 0 Å². The fourth-order valence-electron chi connectivity index (χ4n) is 7.29. The van der Waals surface area contributed by atoms with E-state index in [2.05, 4.69) is 48.3 Å². The number of piperidine rings is 2. The first kappa shape index (κ1) is 25.1. The van der Waals surface area contributed by atoms with E-state index in [-0.39, 0.29) is 22.8 Å². The number of ether oxygens (including phenoxy) is 2. The quantitative estimate of drug-likeness (QED) is 0.587. The van der Waals surface area contributed by atoms with Gasteiger partial charge in [-0.3, -0.25) is 24.7 Å². The molecule has 2 unspecified atom stereocenters. The third kappa shape index (κ3) is 4.24. The average Bonchev–Trinajstić information content (AvgIpc) is 3.41. The minimum Gasteiger partial charge on any atom is -0.492 e. The number of carbonyl (C=O) groups is 2. The van der Waals surface area contributed by atoms with Crippen LogP contribution in [0.3, 0.4) is 0 Å². The van der Waals surface area contributed by atoms with Crippen molar-refractivity contribution in [1.82, 2.24) is 15.1 Å². The number of hydrogen-bond acceptors (Lipinski definition) is 7. The average molecular weight is 532 g/mol. The van der Waals surface area contributed by atoms with E-state index in [4.69, 9.17) is 9.47 Å². The summed E-state index contributed by atoms with van der Waals surface area (Å²) in [5, 5.41) is 13.5. The number of likely N-dealkylation sites (tertiary alicyclic amines) is 1. The summed E-state index contributed by atoms with van der Waals surface area (Å²) < 4.78 is 12.5. The number of nitrogens with zero attached hydrogens (tertiary/aromatic N) is 2. The summed E-state index contributed by atoms with van der Waals surface area (Å²) in [6, 6.07) is 10.2. The van der Waals surface area contributed by atoms with Gasteiger partial charge in [0, 0.05) is 36.1 Å². The third-order valence-electron chi connectivity index (χ3n) is 9.67. The fourth-order valence-corrected chi connectivity index (χ4v) is 7.29. The van der Waals surface area contributed by atoms with Crippen molar-refractivity contribution in [3.8, 4) is 11.5 Å². The Labute approximate surface area is 229 Å². The van der Waals surface area contributed by atoms with E-state index >= 15 is 0 Å². The molecule has 1 spiro atoms. The number of aliphatic hydroxyl groups is 1. The van der Waals surface area contributed by atoms with Crippen LogP contribution in [0.5, 0.6) is 11.5 Å². The maximum absolute atomic E-state index is 12.5. The van der Waals surface area contributed by atoms with Crippen LogP contribution >= 0.6 is 0 Å². The molecule has 0 radical (unpaired) electrons. The summed E-state index contributed by atoms with van der Waals surface area (Å²) in [4.78, 5) is 28.5. The van der Waals surface area contributed by atoms with E-state index < -0.39 is 12.3 Å². The van der Waals surface area contributed by atoms with Gasteiger partial charge in [0.2, 0.25) is 11.8 Å². The second kappa shape index (κ2) is 9.04. The lowest BCUT2D eigenvalue weighted by molar-refractivity contribution is -0.141. The topological polar surface area (TPSA) is 91.3 Å². The van der Waals surface area contributed by atoms with Crippen LogP contribution < -0.4 is 14.8 Å². The first-order chi connectivity index (χ1) is 18.7. The van der Waals surface area contributed by atoms with E-state index in [9.17, 15) is 14.7 Å². The van der Waals surface area contributed by atoms with Gasteiger partial charge in [0.05, 0.1) is 12.6 Å². The standard InChI is InChI=1S/C31H37N3O5/c1-30(2)9-8-21-19(4-3-5-25(21)39-30)16-33-12-10-31(11-13-33)18-38-26-15-22-20(14-23(26)31)17-34(29(22)37)24-6-7-27(35)32-28(24)36/h3-5,14-15,24,29,37H,6-13,16-18H2,1-2H3,(H,32,35,36). The summed E-state index contributed by atoms with van der Waals surface area (Å²) in [5.74, 6) is 1.34. The molecule has 39 heavy (non-hydrogen) atoms. The lowest BCUT2D eigenvalue weighted by Gasteiger charge is -2.39. The highest BCUT2D eigenvalue weighted by molar-refractivity contribution is 6.00. The molecule has 0 bridgehead atoms. The highest BCUT2D eigenvalue weighted by Gasteiger charge is 2.46. The van der Waals surface area contributed by atoms with Crippen molar-refractivity contribution in [2.45, 2.75) is 88.7 Å². The maximum Gasteiger partial charge on any atom is 0.244 e. The Bertz CT molecular complexity index is 1350. The van der Waals surface area contributed by atoms with Crippen LogP contribution in [0.1, 0.15) is 80.0 Å². The van der Waals surface area contributed by atoms with Crippen molar-refractivity contribution in [3.05, 3.63) is 58.1 Å². The number of aliphatic hydroxyl groups excluding tert-OH is 1. The van der Waals surface area contributed by atoms with Crippen LogP contribution in [0.25, 0.3) is 0 Å². The van der Waals surface area contributed by atoms with E-state index in [0.717, 1.165) is 67.9 Å². The predicted molar refractivity (Wildman–Crippen MR) is 144 cm³/mol. The summed E-state index contributed by atoms with van der Waals surface area (Å²) in [6.45, 7) is 8.44. The van der Waals surface area contributed by atoms with Crippen LogP contribution in [0.4, 0.5) is 0 Å². The van der Waals surface area contributed by atoms with Gasteiger partial charge in [0.25, 0.3) is 0 Å². The number of nitrogens with one attached hydrogen (secondary N) is 1. The molecule has 0 aliphatic carbocycles. The van der Waals surface area contributed by atoms with Crippen molar-refractivity contribution in [1.29, 1.82) is 0 Å². The summed E-state index contributed by atoms with van der Waals surface area (Å²) in [7, 11) is 0. The molecule has 2 N–H and O–H groups in total. The van der Waals surface area contributed by atoms with Crippen LogP contribution in [0.15, 0.2) is 30.3 Å². The molecular formula is C31H37N3O5. The molecule has 2 aromatic carbocycles. The Balaban J connectivity index is 1.06. The molecule has 2 fully saturated rings. The number of fused-ring (bicyclic) bond motifs is 4. The molecule has 8 heteroatoms. The smallest absolute Gasteiger partial charge is 0.244 e. The Morgan fingerprint density at radius 3 is 2.69 bits per heavy atom. The first-order valence-electron chi connectivity index (χ1n) is 14.3. The number of hydrogen-bond donors (Lipinski definition) is 2. The second-order valence-electron chi connectivity index (χ2n) is 12.7.